The van der Waals surface area contributed by atoms with Crippen molar-refractivity contribution >= 4 is 34.5 Å². The van der Waals surface area contributed by atoms with Crippen LogP contribution in [-0.4, -0.2) is 42.6 Å². The third kappa shape index (κ3) is 7.76. The topological polar surface area (TPSA) is 82.3 Å². The molecule has 1 aromatic carbocycles. The van der Waals surface area contributed by atoms with Crippen LogP contribution in [0.15, 0.2) is 35.5 Å². The SMILES string of the molecule is C/C(=C(\C#N)C(N)=S)N1CCCN(c2cccc(Cl)c2)CC1.CC(C)CN. The first kappa shape index (κ1) is 23.2. The molecule has 4 N–H and O–H groups in total. The molecule has 1 aliphatic rings. The van der Waals surface area contributed by atoms with Gasteiger partial charge in [-0.3, -0.25) is 0 Å². The zero-order chi connectivity index (χ0) is 20.4. The Morgan fingerprint density at radius 2 is 1.96 bits per heavy atom. The highest BCUT2D eigenvalue weighted by atomic mass is 35.5. The number of anilines is 1. The highest BCUT2D eigenvalue weighted by Gasteiger charge is 2.18. The fourth-order valence-electron chi connectivity index (χ4n) is 2.66. The predicted octanol–water partition coefficient (Wildman–Crippen LogP) is 3.54. The van der Waals surface area contributed by atoms with Crippen LogP contribution in [0.3, 0.4) is 0 Å². The second kappa shape index (κ2) is 11.8. The molecule has 1 fully saturated rings. The Bertz CT molecular complexity index is 696. The molecule has 0 aromatic heterocycles. The summed E-state index contributed by atoms with van der Waals surface area (Å²) in [6.45, 7) is 10.4. The molecular formula is C20H30ClN5S. The first-order chi connectivity index (χ1) is 12.8. The first-order valence-corrected chi connectivity index (χ1v) is 9.95. The molecule has 0 aliphatic carbocycles. The van der Waals surface area contributed by atoms with Gasteiger partial charge >= 0.3 is 0 Å². The molecule has 5 nitrogen and oxygen atoms in total. The van der Waals surface area contributed by atoms with Crippen molar-refractivity contribution in [3.63, 3.8) is 0 Å². The lowest BCUT2D eigenvalue weighted by molar-refractivity contribution is 0.369. The Morgan fingerprint density at radius 3 is 2.48 bits per heavy atom. The van der Waals surface area contributed by atoms with Gasteiger partial charge in [0.15, 0.2) is 0 Å². The number of hydrogen-bond acceptors (Lipinski definition) is 5. The maximum Gasteiger partial charge on any atom is 0.116 e. The van der Waals surface area contributed by atoms with Crippen LogP contribution in [0.2, 0.25) is 5.02 Å². The van der Waals surface area contributed by atoms with E-state index < -0.39 is 0 Å². The molecule has 1 aromatic rings. The van der Waals surface area contributed by atoms with E-state index in [1.807, 2.05) is 25.1 Å². The van der Waals surface area contributed by atoms with Crippen molar-refractivity contribution in [3.8, 4) is 6.07 Å². The van der Waals surface area contributed by atoms with Gasteiger partial charge in [-0.05, 0) is 44.0 Å². The van der Waals surface area contributed by atoms with Gasteiger partial charge in [0.05, 0.1) is 0 Å². The van der Waals surface area contributed by atoms with E-state index in [0.29, 0.717) is 11.5 Å². The molecule has 2 rings (SSSR count). The summed E-state index contributed by atoms with van der Waals surface area (Å²) in [5.41, 5.74) is 13.2. The second-order valence-electron chi connectivity index (χ2n) is 6.87. The third-order valence-electron chi connectivity index (χ3n) is 4.33. The number of allylic oxidation sites excluding steroid dienone is 1. The molecule has 0 spiro atoms. The van der Waals surface area contributed by atoms with Crippen LogP contribution in [0.4, 0.5) is 5.69 Å². The van der Waals surface area contributed by atoms with Gasteiger partial charge in [0.25, 0.3) is 0 Å². The summed E-state index contributed by atoms with van der Waals surface area (Å²) in [7, 11) is 0. The van der Waals surface area contributed by atoms with E-state index in [4.69, 9.17) is 35.3 Å². The van der Waals surface area contributed by atoms with Crippen molar-refractivity contribution in [2.75, 3.05) is 37.6 Å². The van der Waals surface area contributed by atoms with Crippen LogP contribution in [0.1, 0.15) is 27.2 Å². The van der Waals surface area contributed by atoms with Crippen LogP contribution in [-0.2, 0) is 0 Å². The average molecular weight is 408 g/mol. The molecule has 0 atom stereocenters. The highest BCUT2D eigenvalue weighted by Crippen LogP contribution is 2.22. The summed E-state index contributed by atoms with van der Waals surface area (Å²) in [6, 6.07) is 10.0. The standard InChI is InChI=1S/C16H19ClN4S.C4H11N/c1-12(15(11-18)16(19)22)20-6-3-7-21(9-8-20)14-5-2-4-13(17)10-14;1-4(2)3-5/h2,4-5,10H,3,6-9H2,1H3,(H2,19,22);4H,3,5H2,1-2H3/b15-12-;. The maximum absolute atomic E-state index is 9.20. The van der Waals surface area contributed by atoms with Gasteiger partial charge in [-0.15, -0.1) is 0 Å². The smallest absolute Gasteiger partial charge is 0.116 e. The van der Waals surface area contributed by atoms with Crippen molar-refractivity contribution < 1.29 is 0 Å². The molecule has 0 bridgehead atoms. The fraction of sp³-hybridized carbons (Fsp3) is 0.500. The quantitative estimate of drug-likeness (QED) is 0.451. The van der Waals surface area contributed by atoms with Crippen molar-refractivity contribution in [2.45, 2.75) is 27.2 Å². The predicted molar refractivity (Wildman–Crippen MR) is 119 cm³/mol. The number of thiocarbonyl (C=S) groups is 1. The molecule has 0 radical (unpaired) electrons. The minimum absolute atomic E-state index is 0.163. The van der Waals surface area contributed by atoms with E-state index in [-0.39, 0.29) is 4.99 Å². The number of nitrogens with two attached hydrogens (primary N) is 2. The Morgan fingerprint density at radius 1 is 1.30 bits per heavy atom. The number of halogens is 1. The van der Waals surface area contributed by atoms with Crippen molar-refractivity contribution in [3.05, 3.63) is 40.6 Å². The van der Waals surface area contributed by atoms with Crippen molar-refractivity contribution in [1.82, 2.24) is 4.90 Å². The van der Waals surface area contributed by atoms with E-state index in [2.05, 4.69) is 35.8 Å². The summed E-state index contributed by atoms with van der Waals surface area (Å²) in [6.07, 6.45) is 1.000. The van der Waals surface area contributed by atoms with Crippen LogP contribution < -0.4 is 16.4 Å². The normalized spacial score (nSPS) is 15.3. The lowest BCUT2D eigenvalue weighted by atomic mass is 10.2. The summed E-state index contributed by atoms with van der Waals surface area (Å²) >= 11 is 11.0. The molecule has 1 aliphatic heterocycles. The monoisotopic (exact) mass is 407 g/mol. The summed E-state index contributed by atoms with van der Waals surface area (Å²) in [5.74, 6) is 0.662. The number of nitriles is 1. The Kier molecular flexibility index (Phi) is 10.2. The second-order valence-corrected chi connectivity index (χ2v) is 7.75. The fourth-order valence-corrected chi connectivity index (χ4v) is 3.03. The molecule has 0 saturated carbocycles. The summed E-state index contributed by atoms with van der Waals surface area (Å²) < 4.78 is 0. The number of hydrogen-bond donors (Lipinski definition) is 2. The van der Waals surface area contributed by atoms with E-state index in [1.165, 1.54) is 0 Å². The van der Waals surface area contributed by atoms with Gasteiger partial charge in [-0.25, -0.2) is 0 Å². The lowest BCUT2D eigenvalue weighted by Crippen LogP contribution is -2.31. The molecule has 27 heavy (non-hydrogen) atoms. The Balaban J connectivity index is 0.000000646. The molecule has 7 heteroatoms. The van der Waals surface area contributed by atoms with Gasteiger partial charge in [0, 0.05) is 42.6 Å². The van der Waals surface area contributed by atoms with Gasteiger partial charge < -0.3 is 21.3 Å². The maximum atomic E-state index is 9.20. The van der Waals surface area contributed by atoms with Crippen molar-refractivity contribution in [1.29, 1.82) is 5.26 Å². The van der Waals surface area contributed by atoms with Crippen LogP contribution in [0.25, 0.3) is 0 Å². The average Bonchev–Trinajstić information content (AvgIpc) is 2.88. The molecule has 0 unspecified atom stereocenters. The summed E-state index contributed by atoms with van der Waals surface area (Å²) in [4.78, 5) is 4.66. The van der Waals surface area contributed by atoms with Gasteiger partial charge in [0.2, 0.25) is 0 Å². The summed E-state index contributed by atoms with van der Waals surface area (Å²) in [5, 5.41) is 9.95. The zero-order valence-electron chi connectivity index (χ0n) is 16.4. The third-order valence-corrected chi connectivity index (χ3v) is 4.77. The van der Waals surface area contributed by atoms with E-state index >= 15 is 0 Å². The van der Waals surface area contributed by atoms with Gasteiger partial charge in [0.1, 0.15) is 16.6 Å². The molecular weight excluding hydrogens is 378 g/mol. The largest absolute Gasteiger partial charge is 0.389 e. The van der Waals surface area contributed by atoms with Gasteiger partial charge in [-0.2, -0.15) is 5.26 Å². The molecule has 1 heterocycles. The van der Waals surface area contributed by atoms with E-state index in [9.17, 15) is 5.26 Å². The van der Waals surface area contributed by atoms with E-state index in [0.717, 1.165) is 55.6 Å². The molecule has 1 saturated heterocycles. The van der Waals surface area contributed by atoms with Crippen LogP contribution in [0, 0.1) is 17.2 Å². The Labute approximate surface area is 173 Å². The van der Waals surface area contributed by atoms with Gasteiger partial charge in [-0.1, -0.05) is 43.7 Å². The minimum atomic E-state index is 0.163. The van der Waals surface area contributed by atoms with Crippen LogP contribution in [0.5, 0.6) is 0 Å². The first-order valence-electron chi connectivity index (χ1n) is 9.16. The lowest BCUT2D eigenvalue weighted by Gasteiger charge is -2.26. The molecule has 148 valence electrons. The highest BCUT2D eigenvalue weighted by molar-refractivity contribution is 7.80. The number of rotatable bonds is 4. The van der Waals surface area contributed by atoms with E-state index in [1.54, 1.807) is 0 Å². The van der Waals surface area contributed by atoms with Crippen molar-refractivity contribution in [2.24, 2.45) is 17.4 Å². The zero-order valence-corrected chi connectivity index (χ0v) is 18.0. The van der Waals surface area contributed by atoms with Crippen LogP contribution >= 0.6 is 23.8 Å². The number of nitrogens with zero attached hydrogens (tertiary/aromatic N) is 3. The Hall–Kier alpha value is -1.81. The minimum Gasteiger partial charge on any atom is -0.389 e. The molecule has 0 amide bonds. The number of benzene rings is 1.